The van der Waals surface area contributed by atoms with Gasteiger partial charge in [-0.3, -0.25) is 4.79 Å². The third-order valence-corrected chi connectivity index (χ3v) is 2.58. The zero-order valence-electron chi connectivity index (χ0n) is 10.1. The normalized spacial score (nSPS) is 19.6. The molecule has 0 aromatic carbocycles. The summed E-state index contributed by atoms with van der Waals surface area (Å²) in [5.74, 6) is 0.728. The Hall–Kier alpha value is -0.320. The molecule has 1 heterocycles. The second-order valence-corrected chi connectivity index (χ2v) is 4.36. The summed E-state index contributed by atoms with van der Waals surface area (Å²) in [6.07, 6.45) is 2.42. The molecular formula is C11H23ClN2O2. The van der Waals surface area contributed by atoms with Crippen molar-refractivity contribution in [2.45, 2.75) is 32.8 Å². The second-order valence-electron chi connectivity index (χ2n) is 4.36. The molecule has 2 N–H and O–H groups in total. The zero-order chi connectivity index (χ0) is 11.1. The summed E-state index contributed by atoms with van der Waals surface area (Å²) >= 11 is 0. The summed E-state index contributed by atoms with van der Waals surface area (Å²) in [6.45, 7) is 7.02. The quantitative estimate of drug-likeness (QED) is 0.738. The summed E-state index contributed by atoms with van der Waals surface area (Å²) in [6, 6.07) is 0. The summed E-state index contributed by atoms with van der Waals surface area (Å²) in [4.78, 5) is 11.3. The minimum atomic E-state index is -0.00495. The van der Waals surface area contributed by atoms with Gasteiger partial charge in [0.15, 0.2) is 0 Å². The molecule has 96 valence electrons. The molecule has 1 rings (SSSR count). The second kappa shape index (κ2) is 8.79. The van der Waals surface area contributed by atoms with Gasteiger partial charge in [0.05, 0.1) is 6.10 Å². The van der Waals surface area contributed by atoms with Gasteiger partial charge in [-0.25, -0.2) is 0 Å². The van der Waals surface area contributed by atoms with Crippen LogP contribution in [0.3, 0.4) is 0 Å². The molecule has 5 heteroatoms. The van der Waals surface area contributed by atoms with Crippen LogP contribution in [-0.4, -0.2) is 38.3 Å². The van der Waals surface area contributed by atoms with Gasteiger partial charge >= 0.3 is 0 Å². The van der Waals surface area contributed by atoms with Crippen LogP contribution in [0.15, 0.2) is 0 Å². The van der Waals surface area contributed by atoms with Crippen LogP contribution in [0.25, 0.3) is 0 Å². The van der Waals surface area contributed by atoms with Gasteiger partial charge in [-0.1, -0.05) is 0 Å². The number of hydrogen-bond acceptors (Lipinski definition) is 3. The molecule has 4 nitrogen and oxygen atoms in total. The molecule has 1 unspecified atom stereocenters. The Bertz CT molecular complexity index is 194. The van der Waals surface area contributed by atoms with Gasteiger partial charge in [-0.15, -0.1) is 12.4 Å². The van der Waals surface area contributed by atoms with Crippen molar-refractivity contribution in [2.24, 2.45) is 5.92 Å². The van der Waals surface area contributed by atoms with Crippen LogP contribution in [0.1, 0.15) is 26.7 Å². The molecule has 0 aromatic heterocycles. The van der Waals surface area contributed by atoms with Crippen LogP contribution in [-0.2, 0) is 9.53 Å². The Morgan fingerprint density at radius 3 is 2.88 bits per heavy atom. The number of hydrogen-bond donors (Lipinski definition) is 2. The molecule has 0 bridgehead atoms. The van der Waals surface area contributed by atoms with Crippen LogP contribution < -0.4 is 10.6 Å². The van der Waals surface area contributed by atoms with E-state index in [1.54, 1.807) is 0 Å². The molecule has 1 fully saturated rings. The van der Waals surface area contributed by atoms with E-state index in [1.165, 1.54) is 6.42 Å². The molecule has 1 amide bonds. The number of ether oxygens (including phenoxy) is 1. The van der Waals surface area contributed by atoms with E-state index in [4.69, 9.17) is 4.74 Å². The largest absolute Gasteiger partial charge is 0.369 e. The van der Waals surface area contributed by atoms with E-state index in [9.17, 15) is 4.79 Å². The average molecular weight is 251 g/mol. The number of carbonyl (C=O) groups excluding carboxylic acids is 1. The predicted octanol–water partition coefficient (Wildman–Crippen LogP) is 0.949. The van der Waals surface area contributed by atoms with Crippen LogP contribution in [0.2, 0.25) is 0 Å². The fourth-order valence-electron chi connectivity index (χ4n) is 1.67. The van der Waals surface area contributed by atoms with Gasteiger partial charge in [-0.2, -0.15) is 0 Å². The van der Waals surface area contributed by atoms with Crippen molar-refractivity contribution in [3.05, 3.63) is 0 Å². The van der Waals surface area contributed by atoms with Gasteiger partial charge in [0.1, 0.15) is 6.61 Å². The molecule has 1 atom stereocenters. The van der Waals surface area contributed by atoms with E-state index in [-0.39, 0.29) is 31.0 Å². The van der Waals surface area contributed by atoms with E-state index in [2.05, 4.69) is 10.6 Å². The van der Waals surface area contributed by atoms with Crippen molar-refractivity contribution in [3.8, 4) is 0 Å². The van der Waals surface area contributed by atoms with E-state index < -0.39 is 0 Å². The van der Waals surface area contributed by atoms with Crippen molar-refractivity contribution >= 4 is 18.3 Å². The number of rotatable bonds is 6. The first-order valence-corrected chi connectivity index (χ1v) is 5.77. The number of carbonyl (C=O) groups is 1. The highest BCUT2D eigenvalue weighted by Crippen LogP contribution is 2.10. The number of halogens is 1. The van der Waals surface area contributed by atoms with Crippen molar-refractivity contribution in [1.29, 1.82) is 0 Å². The highest BCUT2D eigenvalue weighted by Gasteiger charge is 2.13. The molecule has 0 aromatic rings. The lowest BCUT2D eigenvalue weighted by Crippen LogP contribution is -2.30. The molecule has 1 aliphatic heterocycles. The molecular weight excluding hydrogens is 228 g/mol. The lowest BCUT2D eigenvalue weighted by molar-refractivity contribution is -0.127. The van der Waals surface area contributed by atoms with Crippen LogP contribution >= 0.6 is 12.4 Å². The third-order valence-electron chi connectivity index (χ3n) is 2.58. The molecule has 0 spiro atoms. The monoisotopic (exact) mass is 250 g/mol. The highest BCUT2D eigenvalue weighted by molar-refractivity contribution is 5.85. The van der Waals surface area contributed by atoms with Gasteiger partial charge in [0.25, 0.3) is 0 Å². The highest BCUT2D eigenvalue weighted by atomic mass is 35.5. The Morgan fingerprint density at radius 1 is 1.56 bits per heavy atom. The molecule has 0 saturated carbocycles. The fourth-order valence-corrected chi connectivity index (χ4v) is 1.67. The van der Waals surface area contributed by atoms with Crippen molar-refractivity contribution in [2.75, 3.05) is 26.2 Å². The minimum absolute atomic E-state index is 0. The smallest absolute Gasteiger partial charge is 0.246 e. The molecule has 0 aliphatic carbocycles. The van der Waals surface area contributed by atoms with Gasteiger partial charge in [0.2, 0.25) is 5.91 Å². The summed E-state index contributed by atoms with van der Waals surface area (Å²) < 4.78 is 5.20. The van der Waals surface area contributed by atoms with E-state index in [0.29, 0.717) is 0 Å². The van der Waals surface area contributed by atoms with Crippen molar-refractivity contribution in [3.63, 3.8) is 0 Å². The van der Waals surface area contributed by atoms with Crippen LogP contribution in [0.5, 0.6) is 0 Å². The van der Waals surface area contributed by atoms with E-state index in [0.717, 1.165) is 32.0 Å². The first-order chi connectivity index (χ1) is 7.18. The molecule has 16 heavy (non-hydrogen) atoms. The zero-order valence-corrected chi connectivity index (χ0v) is 10.9. The number of amides is 1. The van der Waals surface area contributed by atoms with Crippen LogP contribution in [0.4, 0.5) is 0 Å². The van der Waals surface area contributed by atoms with E-state index >= 15 is 0 Å². The lowest BCUT2D eigenvalue weighted by Gasteiger charge is -2.10. The Morgan fingerprint density at radius 2 is 2.31 bits per heavy atom. The van der Waals surface area contributed by atoms with Crippen molar-refractivity contribution < 1.29 is 9.53 Å². The minimum Gasteiger partial charge on any atom is -0.369 e. The summed E-state index contributed by atoms with van der Waals surface area (Å²) in [5, 5.41) is 6.19. The molecule has 1 saturated heterocycles. The topological polar surface area (TPSA) is 50.4 Å². The van der Waals surface area contributed by atoms with Gasteiger partial charge in [0, 0.05) is 6.54 Å². The number of nitrogens with one attached hydrogen (secondary N) is 2. The molecule has 0 radical (unpaired) electrons. The fraction of sp³-hybridized carbons (Fsp3) is 0.909. The van der Waals surface area contributed by atoms with Gasteiger partial charge in [-0.05, 0) is 45.7 Å². The first kappa shape index (κ1) is 15.7. The Balaban J connectivity index is 0.00000225. The van der Waals surface area contributed by atoms with Crippen molar-refractivity contribution in [1.82, 2.24) is 10.6 Å². The maximum atomic E-state index is 11.3. The maximum Gasteiger partial charge on any atom is 0.246 e. The Kier molecular flexibility index (Phi) is 8.61. The predicted molar refractivity (Wildman–Crippen MR) is 66.9 cm³/mol. The van der Waals surface area contributed by atoms with E-state index in [1.807, 2.05) is 13.8 Å². The first-order valence-electron chi connectivity index (χ1n) is 5.77. The Labute approximate surface area is 104 Å². The summed E-state index contributed by atoms with van der Waals surface area (Å²) in [7, 11) is 0. The van der Waals surface area contributed by atoms with Gasteiger partial charge < -0.3 is 15.4 Å². The SMILES string of the molecule is CC(C)OCC(=O)NCCC1CCNC1.Cl. The maximum absolute atomic E-state index is 11.3. The third kappa shape index (κ3) is 7.04. The standard InChI is InChI=1S/C11H22N2O2.ClH/c1-9(2)15-8-11(14)13-6-4-10-3-5-12-7-10;/h9-10,12H,3-8H2,1-2H3,(H,13,14);1H. The van der Waals surface area contributed by atoms with Crippen LogP contribution in [0, 0.1) is 5.92 Å². The lowest BCUT2D eigenvalue weighted by atomic mass is 10.1. The summed E-state index contributed by atoms with van der Waals surface area (Å²) in [5.41, 5.74) is 0. The molecule has 1 aliphatic rings. The average Bonchev–Trinajstić information content (AvgIpc) is 2.67.